The zero-order valence-corrected chi connectivity index (χ0v) is 28.0. The summed E-state index contributed by atoms with van der Waals surface area (Å²) in [6.07, 6.45) is 1.72. The van der Waals surface area contributed by atoms with Crippen LogP contribution in [0.5, 0.6) is 5.75 Å². The minimum absolute atomic E-state index is 0.206. The number of piperidine rings is 1. The topological polar surface area (TPSA) is 95.9 Å². The second-order valence-electron chi connectivity index (χ2n) is 12.6. The second kappa shape index (κ2) is 18.1. The largest absolute Gasteiger partial charge is 0.494 e. The van der Waals surface area contributed by atoms with Gasteiger partial charge >= 0.3 is 6.09 Å². The normalized spacial score (nSPS) is 21.1. The van der Waals surface area contributed by atoms with Crippen molar-refractivity contribution >= 4 is 16.9 Å². The molecule has 2 heterocycles. The van der Waals surface area contributed by atoms with Crippen LogP contribution in [-0.4, -0.2) is 80.7 Å². The van der Waals surface area contributed by atoms with E-state index in [9.17, 15) is 9.90 Å². The molecule has 0 unspecified atom stereocenters. The molecule has 4 aromatic rings. The number of hydrogen-bond acceptors (Lipinski definition) is 7. The highest BCUT2D eigenvalue weighted by atomic mass is 16.7. The third kappa shape index (κ3) is 10.3. The molecule has 4 atom stereocenters. The Morgan fingerprint density at radius 2 is 1.49 bits per heavy atom. The van der Waals surface area contributed by atoms with Crippen LogP contribution < -0.4 is 4.74 Å². The van der Waals surface area contributed by atoms with Gasteiger partial charge in [-0.2, -0.15) is 0 Å². The van der Waals surface area contributed by atoms with E-state index in [-0.39, 0.29) is 25.3 Å². The summed E-state index contributed by atoms with van der Waals surface area (Å²) < 4.78 is 36.4. The zero-order chi connectivity index (χ0) is 33.7. The van der Waals surface area contributed by atoms with E-state index in [4.69, 9.17) is 28.4 Å². The highest BCUT2D eigenvalue weighted by molar-refractivity contribution is 5.82. The van der Waals surface area contributed by atoms with Crippen LogP contribution in [0.4, 0.5) is 4.79 Å². The quantitative estimate of drug-likeness (QED) is 0.123. The van der Waals surface area contributed by atoms with Gasteiger partial charge in [0.2, 0.25) is 0 Å². The smallest absolute Gasteiger partial charge is 0.407 e. The average Bonchev–Trinajstić information content (AvgIpc) is 3.15. The molecule has 2 aliphatic heterocycles. The Kier molecular flexibility index (Phi) is 12.9. The molecule has 0 aliphatic carbocycles. The zero-order valence-electron chi connectivity index (χ0n) is 28.0. The predicted molar refractivity (Wildman–Crippen MR) is 187 cm³/mol. The van der Waals surface area contributed by atoms with Gasteiger partial charge in [0.1, 0.15) is 5.75 Å². The molecule has 1 N–H and O–H groups in total. The van der Waals surface area contributed by atoms with Gasteiger partial charge in [-0.3, -0.25) is 0 Å². The van der Waals surface area contributed by atoms with E-state index in [2.05, 4.69) is 42.5 Å². The fraction of sp³-hybridized carbons (Fsp3) is 0.425. The van der Waals surface area contributed by atoms with Crippen molar-refractivity contribution in [2.75, 3.05) is 46.1 Å². The Bertz CT molecular complexity index is 1580. The molecule has 0 aromatic heterocycles. The highest BCUT2D eigenvalue weighted by Gasteiger charge is 2.41. The molecule has 9 heteroatoms. The molecule has 0 bridgehead atoms. The third-order valence-electron chi connectivity index (χ3n) is 9.09. The molecule has 9 nitrogen and oxygen atoms in total. The summed E-state index contributed by atoms with van der Waals surface area (Å²) in [6.45, 7) is 3.95. The molecule has 0 spiro atoms. The van der Waals surface area contributed by atoms with E-state index in [1.54, 1.807) is 0 Å². The molecule has 2 aliphatic rings. The van der Waals surface area contributed by atoms with Crippen LogP contribution >= 0.6 is 0 Å². The van der Waals surface area contributed by atoms with Gasteiger partial charge in [0.05, 0.1) is 64.9 Å². The summed E-state index contributed by atoms with van der Waals surface area (Å²) in [4.78, 5) is 13.7. The predicted octanol–water partition coefficient (Wildman–Crippen LogP) is 7.42. The molecule has 6 rings (SSSR count). The lowest BCUT2D eigenvalue weighted by Gasteiger charge is -2.42. The lowest BCUT2D eigenvalue weighted by atomic mass is 9.84. The van der Waals surface area contributed by atoms with Crippen LogP contribution in [0.25, 0.3) is 10.8 Å². The number of fused-ring (bicyclic) bond motifs is 1. The summed E-state index contributed by atoms with van der Waals surface area (Å²) in [5, 5.41) is 12.4. The summed E-state index contributed by atoms with van der Waals surface area (Å²) in [5.74, 6) is 0.559. The maximum absolute atomic E-state index is 12.3. The summed E-state index contributed by atoms with van der Waals surface area (Å²) in [7, 11) is 0. The van der Waals surface area contributed by atoms with E-state index in [1.165, 1.54) is 4.90 Å². The molecule has 1 amide bonds. The van der Waals surface area contributed by atoms with Crippen molar-refractivity contribution in [3.05, 3.63) is 114 Å². The molecule has 0 radical (unpaired) electrons. The minimum Gasteiger partial charge on any atom is -0.494 e. The molecule has 2 fully saturated rings. The molecular weight excluding hydrogens is 622 g/mol. The van der Waals surface area contributed by atoms with Crippen molar-refractivity contribution in [1.82, 2.24) is 4.90 Å². The van der Waals surface area contributed by atoms with Crippen molar-refractivity contribution in [3.8, 4) is 5.75 Å². The van der Waals surface area contributed by atoms with E-state index in [0.717, 1.165) is 58.9 Å². The Morgan fingerprint density at radius 3 is 2.27 bits per heavy atom. The van der Waals surface area contributed by atoms with Gasteiger partial charge in [0, 0.05) is 18.9 Å². The first kappa shape index (κ1) is 34.9. The Balaban J connectivity index is 1.11. The first-order valence-electron chi connectivity index (χ1n) is 17.4. The molecule has 49 heavy (non-hydrogen) atoms. The summed E-state index contributed by atoms with van der Waals surface area (Å²) in [6, 6.07) is 32.6. The lowest BCUT2D eigenvalue weighted by molar-refractivity contribution is -0.175. The highest BCUT2D eigenvalue weighted by Crippen LogP contribution is 2.35. The van der Waals surface area contributed by atoms with Crippen molar-refractivity contribution in [2.24, 2.45) is 0 Å². The number of carbonyl (C=O) groups is 1. The minimum atomic E-state index is -0.991. The monoisotopic (exact) mass is 669 g/mol. The SMILES string of the molecule is O=C(O)N1C[C@@H](OCCO[C@H]2CCCCO2)[C@@H](c2ccc(OCCCOCc3ccccc3)cc2)[C@H](OCc2ccc3ccccc3c2)C1. The van der Waals surface area contributed by atoms with E-state index in [0.29, 0.717) is 46.2 Å². The van der Waals surface area contributed by atoms with Gasteiger partial charge in [-0.25, -0.2) is 4.79 Å². The van der Waals surface area contributed by atoms with Gasteiger partial charge in [-0.05, 0) is 64.9 Å². The van der Waals surface area contributed by atoms with Gasteiger partial charge in [-0.15, -0.1) is 0 Å². The van der Waals surface area contributed by atoms with E-state index >= 15 is 0 Å². The number of rotatable bonds is 16. The van der Waals surface area contributed by atoms with Gasteiger partial charge in [-0.1, -0.05) is 78.9 Å². The van der Waals surface area contributed by atoms with Crippen LogP contribution in [0.15, 0.2) is 97.1 Å². The van der Waals surface area contributed by atoms with Crippen LogP contribution in [0.1, 0.15) is 48.3 Å². The standard InChI is InChI=1S/C40H47NO8/c42-40(43)41-26-36(46-23-24-48-38-13-6-7-21-47-38)39(37(27-41)49-29-31-14-15-32-11-4-5-12-34(32)25-31)33-16-18-35(19-17-33)45-22-8-20-44-28-30-9-2-1-3-10-30/h1-5,9-12,14-19,25,36-39H,6-8,13,20-24,26-29H2,(H,42,43)/t36-,37-,38+,39-/m1/s1. The van der Waals surface area contributed by atoms with Crippen LogP contribution in [0.2, 0.25) is 0 Å². The number of ether oxygens (including phenoxy) is 6. The fourth-order valence-corrected chi connectivity index (χ4v) is 6.53. The third-order valence-corrected chi connectivity index (χ3v) is 9.09. The number of nitrogens with zero attached hydrogens (tertiary/aromatic N) is 1. The first-order valence-corrected chi connectivity index (χ1v) is 17.4. The number of likely N-dealkylation sites (tertiary alicyclic amines) is 1. The van der Waals surface area contributed by atoms with Gasteiger partial charge in [0.25, 0.3) is 0 Å². The maximum atomic E-state index is 12.3. The Morgan fingerprint density at radius 1 is 0.735 bits per heavy atom. The Hall–Kier alpha value is -3.99. The van der Waals surface area contributed by atoms with Crippen LogP contribution in [0.3, 0.4) is 0 Å². The molecule has 0 saturated carbocycles. The van der Waals surface area contributed by atoms with Crippen LogP contribution in [-0.2, 0) is 36.9 Å². The Labute approximate surface area is 288 Å². The van der Waals surface area contributed by atoms with Crippen LogP contribution in [0, 0.1) is 0 Å². The number of benzene rings is 4. The molecule has 260 valence electrons. The van der Waals surface area contributed by atoms with Crippen molar-refractivity contribution < 1.29 is 38.3 Å². The molecule has 4 aromatic carbocycles. The number of hydrogen-bond donors (Lipinski definition) is 1. The molecular formula is C40H47NO8. The van der Waals surface area contributed by atoms with Crippen molar-refractivity contribution in [3.63, 3.8) is 0 Å². The van der Waals surface area contributed by atoms with Gasteiger partial charge in [0.15, 0.2) is 6.29 Å². The second-order valence-corrected chi connectivity index (χ2v) is 12.6. The van der Waals surface area contributed by atoms with E-state index in [1.807, 2.05) is 54.6 Å². The number of amides is 1. The average molecular weight is 670 g/mol. The van der Waals surface area contributed by atoms with Crippen molar-refractivity contribution in [2.45, 2.75) is 63.3 Å². The number of carboxylic acid groups (broad SMARTS) is 1. The lowest BCUT2D eigenvalue weighted by Crippen LogP contribution is -2.54. The van der Waals surface area contributed by atoms with Gasteiger partial charge < -0.3 is 38.4 Å². The molecule has 2 saturated heterocycles. The van der Waals surface area contributed by atoms with Crippen molar-refractivity contribution in [1.29, 1.82) is 0 Å². The summed E-state index contributed by atoms with van der Waals surface area (Å²) in [5.41, 5.74) is 3.19. The first-order chi connectivity index (χ1) is 24.1. The maximum Gasteiger partial charge on any atom is 0.407 e. The fourth-order valence-electron chi connectivity index (χ4n) is 6.53. The summed E-state index contributed by atoms with van der Waals surface area (Å²) >= 11 is 0. The van der Waals surface area contributed by atoms with E-state index < -0.39 is 18.3 Å².